The van der Waals surface area contributed by atoms with Crippen molar-refractivity contribution in [1.82, 2.24) is 0 Å². The molecule has 0 aliphatic heterocycles. The molecule has 2 heterocycles. The SMILES string of the molecule is CC(C)(C)c1ccc(-c2cc3c(s2)c(-c2ccccc2)c(-c2ccccc2)c2sc(-c4ccc(C(C)(C)C)cc4)c(-c4ccccc4)c23)cc1. The first-order chi connectivity index (χ1) is 24.1. The summed E-state index contributed by atoms with van der Waals surface area (Å²) in [7, 11) is 0. The third-order valence-corrected chi connectivity index (χ3v) is 12.3. The van der Waals surface area contributed by atoms with Gasteiger partial charge in [0.2, 0.25) is 0 Å². The third kappa shape index (κ3) is 5.81. The highest BCUT2D eigenvalue weighted by Crippen LogP contribution is 2.56. The van der Waals surface area contributed by atoms with E-state index in [2.05, 4.69) is 187 Å². The van der Waals surface area contributed by atoms with Crippen LogP contribution in [0, 0.1) is 0 Å². The van der Waals surface area contributed by atoms with E-state index in [-0.39, 0.29) is 10.8 Å². The van der Waals surface area contributed by atoms with Gasteiger partial charge in [0, 0.05) is 46.6 Å². The molecule has 8 rings (SSSR count). The van der Waals surface area contributed by atoms with Crippen LogP contribution in [0.5, 0.6) is 0 Å². The lowest BCUT2D eigenvalue weighted by Gasteiger charge is -2.19. The lowest BCUT2D eigenvalue weighted by atomic mass is 9.86. The number of benzene rings is 6. The van der Waals surface area contributed by atoms with E-state index in [0.717, 1.165) is 0 Å². The molecule has 0 bridgehead atoms. The van der Waals surface area contributed by atoms with Crippen LogP contribution in [-0.4, -0.2) is 0 Å². The van der Waals surface area contributed by atoms with E-state index in [0.29, 0.717) is 0 Å². The number of rotatable bonds is 5. The number of hydrogen-bond donors (Lipinski definition) is 0. The van der Waals surface area contributed by atoms with Gasteiger partial charge in [-0.05, 0) is 55.8 Å². The molecule has 0 radical (unpaired) electrons. The van der Waals surface area contributed by atoms with Crippen molar-refractivity contribution >= 4 is 42.8 Å². The average Bonchev–Trinajstić information content (AvgIpc) is 3.74. The Bertz CT molecular complexity index is 2430. The minimum Gasteiger partial charge on any atom is -0.135 e. The largest absolute Gasteiger partial charge is 0.135 e. The first-order valence-electron chi connectivity index (χ1n) is 17.5. The van der Waals surface area contributed by atoms with Crippen molar-refractivity contribution in [2.45, 2.75) is 52.4 Å². The number of hydrogen-bond acceptors (Lipinski definition) is 2. The molecule has 0 N–H and O–H groups in total. The fraction of sp³-hybridized carbons (Fsp3) is 0.167. The fourth-order valence-corrected chi connectivity index (χ4v) is 9.76. The molecular weight excluding hydrogens is 641 g/mol. The predicted molar refractivity (Wildman–Crippen MR) is 222 cm³/mol. The van der Waals surface area contributed by atoms with Crippen LogP contribution < -0.4 is 0 Å². The molecule has 0 fully saturated rings. The van der Waals surface area contributed by atoms with E-state index in [1.807, 2.05) is 22.7 Å². The molecule has 0 aliphatic rings. The van der Waals surface area contributed by atoms with Gasteiger partial charge in [-0.25, -0.2) is 0 Å². The van der Waals surface area contributed by atoms with Gasteiger partial charge in [-0.3, -0.25) is 0 Å². The summed E-state index contributed by atoms with van der Waals surface area (Å²) in [6.45, 7) is 13.7. The van der Waals surface area contributed by atoms with Crippen molar-refractivity contribution in [3.63, 3.8) is 0 Å². The summed E-state index contributed by atoms with van der Waals surface area (Å²) in [6, 6.07) is 54.2. The molecule has 8 aromatic rings. The van der Waals surface area contributed by atoms with Gasteiger partial charge in [-0.1, -0.05) is 181 Å². The Labute approximate surface area is 304 Å². The smallest absolute Gasteiger partial charge is 0.0447 e. The lowest BCUT2D eigenvalue weighted by molar-refractivity contribution is 0.590. The summed E-state index contributed by atoms with van der Waals surface area (Å²) in [6.07, 6.45) is 0. The van der Waals surface area contributed by atoms with Crippen molar-refractivity contribution < 1.29 is 0 Å². The Hall–Kier alpha value is -4.76. The van der Waals surface area contributed by atoms with Crippen molar-refractivity contribution in [1.29, 1.82) is 0 Å². The zero-order valence-corrected chi connectivity index (χ0v) is 31.3. The van der Waals surface area contributed by atoms with Crippen LogP contribution in [0.4, 0.5) is 0 Å². The van der Waals surface area contributed by atoms with Gasteiger partial charge in [-0.15, -0.1) is 22.7 Å². The number of fused-ring (bicyclic) bond motifs is 3. The highest BCUT2D eigenvalue weighted by atomic mass is 32.1. The third-order valence-electron chi connectivity index (χ3n) is 9.85. The van der Waals surface area contributed by atoms with E-state index in [1.54, 1.807) is 0 Å². The normalized spacial score (nSPS) is 12.2. The summed E-state index contributed by atoms with van der Waals surface area (Å²) in [4.78, 5) is 2.61. The van der Waals surface area contributed by atoms with Crippen LogP contribution in [-0.2, 0) is 10.8 Å². The fourth-order valence-electron chi connectivity index (χ4n) is 7.10. The molecule has 0 saturated carbocycles. The van der Waals surface area contributed by atoms with Crippen LogP contribution >= 0.6 is 22.7 Å². The molecule has 0 spiro atoms. The van der Waals surface area contributed by atoms with Gasteiger partial charge in [-0.2, -0.15) is 0 Å². The maximum Gasteiger partial charge on any atom is 0.0447 e. The minimum absolute atomic E-state index is 0.0936. The molecule has 0 amide bonds. The van der Waals surface area contributed by atoms with E-state index >= 15 is 0 Å². The quantitative estimate of drug-likeness (QED) is 0.169. The highest BCUT2D eigenvalue weighted by molar-refractivity contribution is 7.25. The standard InChI is InChI=1S/C48H42S2/c1-47(2,3)36-26-22-31(23-27-36)39-30-38-43-42(34-20-14-9-15-21-34)44(35-24-28-37(29-25-35)48(4,5)6)50-46(43)41(33-18-12-8-13-19-33)40(45(38)49-39)32-16-10-7-11-17-32/h7-30H,1-6H3. The summed E-state index contributed by atoms with van der Waals surface area (Å²) in [5.41, 5.74) is 13.1. The summed E-state index contributed by atoms with van der Waals surface area (Å²) in [5, 5.41) is 2.67. The van der Waals surface area contributed by atoms with Gasteiger partial charge >= 0.3 is 0 Å². The van der Waals surface area contributed by atoms with E-state index < -0.39 is 0 Å². The molecule has 50 heavy (non-hydrogen) atoms. The van der Waals surface area contributed by atoms with Crippen molar-refractivity contribution in [2.75, 3.05) is 0 Å². The Kier molecular flexibility index (Phi) is 8.13. The molecule has 2 heteroatoms. The first kappa shape index (κ1) is 32.4. The topological polar surface area (TPSA) is 0 Å². The molecule has 0 nitrogen and oxygen atoms in total. The Morgan fingerprint density at radius 3 is 1.26 bits per heavy atom. The summed E-state index contributed by atoms with van der Waals surface area (Å²) < 4.78 is 2.67. The second-order valence-electron chi connectivity index (χ2n) is 15.4. The van der Waals surface area contributed by atoms with Crippen LogP contribution in [0.25, 0.3) is 74.4 Å². The molecule has 0 aliphatic carbocycles. The molecule has 0 unspecified atom stereocenters. The van der Waals surface area contributed by atoms with E-state index in [9.17, 15) is 0 Å². The van der Waals surface area contributed by atoms with Crippen molar-refractivity contribution in [3.8, 4) is 54.3 Å². The monoisotopic (exact) mass is 682 g/mol. The van der Waals surface area contributed by atoms with Gasteiger partial charge in [0.1, 0.15) is 0 Å². The van der Waals surface area contributed by atoms with Crippen LogP contribution in [0.1, 0.15) is 52.7 Å². The van der Waals surface area contributed by atoms with Crippen molar-refractivity contribution in [2.24, 2.45) is 0 Å². The zero-order chi connectivity index (χ0) is 34.6. The van der Waals surface area contributed by atoms with Crippen LogP contribution in [0.3, 0.4) is 0 Å². The van der Waals surface area contributed by atoms with E-state index in [4.69, 9.17) is 0 Å². The molecular formula is C48H42S2. The Balaban J connectivity index is 1.53. The second-order valence-corrected chi connectivity index (χ2v) is 17.4. The molecule has 246 valence electrons. The zero-order valence-electron chi connectivity index (χ0n) is 29.7. The van der Waals surface area contributed by atoms with Crippen LogP contribution in [0.15, 0.2) is 146 Å². The molecule has 6 aromatic carbocycles. The van der Waals surface area contributed by atoms with Crippen LogP contribution in [0.2, 0.25) is 0 Å². The number of thiophene rings is 2. The Morgan fingerprint density at radius 2 is 0.800 bits per heavy atom. The van der Waals surface area contributed by atoms with E-state index in [1.165, 1.54) is 85.6 Å². The molecule has 0 saturated heterocycles. The Morgan fingerprint density at radius 1 is 0.380 bits per heavy atom. The first-order valence-corrected chi connectivity index (χ1v) is 19.2. The van der Waals surface area contributed by atoms with Gasteiger partial charge in [0.15, 0.2) is 0 Å². The lowest BCUT2D eigenvalue weighted by Crippen LogP contribution is -2.10. The molecule has 2 aromatic heterocycles. The summed E-state index contributed by atoms with van der Waals surface area (Å²) in [5.74, 6) is 0. The predicted octanol–water partition coefficient (Wildman–Crippen LogP) is 15.0. The van der Waals surface area contributed by atoms with Gasteiger partial charge in [0.05, 0.1) is 0 Å². The van der Waals surface area contributed by atoms with Gasteiger partial charge in [0.25, 0.3) is 0 Å². The summed E-state index contributed by atoms with van der Waals surface area (Å²) >= 11 is 3.87. The average molecular weight is 683 g/mol. The maximum absolute atomic E-state index is 2.47. The maximum atomic E-state index is 2.47. The molecule has 0 atom stereocenters. The highest BCUT2D eigenvalue weighted by Gasteiger charge is 2.27. The minimum atomic E-state index is 0.0936. The van der Waals surface area contributed by atoms with Gasteiger partial charge < -0.3 is 0 Å². The second kappa shape index (κ2) is 12.5. The van der Waals surface area contributed by atoms with Crippen molar-refractivity contribution in [3.05, 3.63) is 157 Å².